The van der Waals surface area contributed by atoms with E-state index in [1.165, 1.54) is 0 Å². The quantitative estimate of drug-likeness (QED) is 0.724. The number of rotatable bonds is 4. The number of hydrogen-bond acceptors (Lipinski definition) is 3. The largest absolute Gasteiger partial charge is 0.341 e. The van der Waals surface area contributed by atoms with Crippen molar-refractivity contribution < 1.29 is 4.79 Å². The van der Waals surface area contributed by atoms with Crippen molar-refractivity contribution in [1.29, 1.82) is 0 Å². The van der Waals surface area contributed by atoms with Gasteiger partial charge in [0.1, 0.15) is 0 Å². The molecule has 1 saturated heterocycles. The molecule has 76 valence electrons. The Hall–Kier alpha value is -0.220. The van der Waals surface area contributed by atoms with E-state index >= 15 is 0 Å². The lowest BCUT2D eigenvalue weighted by molar-refractivity contribution is -0.134. The fourth-order valence-corrected chi connectivity index (χ4v) is 1.91. The summed E-state index contributed by atoms with van der Waals surface area (Å²) in [5.41, 5.74) is 5.48. The first-order chi connectivity index (χ1) is 6.13. The molecule has 0 atom stereocenters. The molecule has 0 spiro atoms. The highest BCUT2D eigenvalue weighted by Gasteiger charge is 2.28. The minimum absolute atomic E-state index is 0.267. The molecule has 0 aliphatic carbocycles. The summed E-state index contributed by atoms with van der Waals surface area (Å²) < 4.78 is 0. The molecule has 1 aliphatic rings. The SMILES string of the molecule is CC(C)SCC(=O)N1CC(CN)C1. The Morgan fingerprint density at radius 2 is 2.23 bits per heavy atom. The summed E-state index contributed by atoms with van der Waals surface area (Å²) in [4.78, 5) is 13.4. The van der Waals surface area contributed by atoms with Crippen molar-refractivity contribution in [3.05, 3.63) is 0 Å². The maximum atomic E-state index is 11.5. The number of nitrogens with zero attached hydrogens (tertiary/aromatic N) is 1. The number of likely N-dealkylation sites (tertiary alicyclic amines) is 1. The molecule has 0 radical (unpaired) electrons. The van der Waals surface area contributed by atoms with Gasteiger partial charge in [0, 0.05) is 19.0 Å². The van der Waals surface area contributed by atoms with Crippen molar-refractivity contribution in [2.75, 3.05) is 25.4 Å². The zero-order valence-electron chi connectivity index (χ0n) is 8.32. The minimum atomic E-state index is 0.267. The van der Waals surface area contributed by atoms with Gasteiger partial charge in [-0.1, -0.05) is 13.8 Å². The van der Waals surface area contributed by atoms with Gasteiger partial charge in [-0.05, 0) is 11.8 Å². The molecular formula is C9H18N2OS. The summed E-state index contributed by atoms with van der Waals surface area (Å²) in [7, 11) is 0. The van der Waals surface area contributed by atoms with Gasteiger partial charge in [-0.2, -0.15) is 0 Å². The highest BCUT2D eigenvalue weighted by molar-refractivity contribution is 8.00. The zero-order valence-corrected chi connectivity index (χ0v) is 9.14. The van der Waals surface area contributed by atoms with Gasteiger partial charge in [0.25, 0.3) is 0 Å². The molecule has 3 nitrogen and oxygen atoms in total. The third-order valence-corrected chi connectivity index (χ3v) is 3.26. The lowest BCUT2D eigenvalue weighted by atomic mass is 10.0. The van der Waals surface area contributed by atoms with Gasteiger partial charge in [-0.15, -0.1) is 11.8 Å². The molecule has 1 rings (SSSR count). The van der Waals surface area contributed by atoms with Crippen LogP contribution in [0.1, 0.15) is 13.8 Å². The average Bonchev–Trinajstić information content (AvgIpc) is 1.99. The summed E-state index contributed by atoms with van der Waals surface area (Å²) in [5, 5.41) is 0.538. The van der Waals surface area contributed by atoms with Crippen LogP contribution in [0.3, 0.4) is 0 Å². The summed E-state index contributed by atoms with van der Waals surface area (Å²) >= 11 is 1.70. The molecule has 13 heavy (non-hydrogen) atoms. The molecule has 1 heterocycles. The van der Waals surface area contributed by atoms with E-state index in [1.54, 1.807) is 11.8 Å². The van der Waals surface area contributed by atoms with Crippen LogP contribution in [-0.2, 0) is 4.79 Å². The topological polar surface area (TPSA) is 46.3 Å². The summed E-state index contributed by atoms with van der Waals surface area (Å²) in [6.45, 7) is 6.66. The van der Waals surface area contributed by atoms with Gasteiger partial charge < -0.3 is 10.6 Å². The molecule has 0 aromatic heterocycles. The highest BCUT2D eigenvalue weighted by Crippen LogP contribution is 2.17. The van der Waals surface area contributed by atoms with Crippen molar-refractivity contribution in [3.8, 4) is 0 Å². The van der Waals surface area contributed by atoms with Crippen LogP contribution >= 0.6 is 11.8 Å². The third kappa shape index (κ3) is 3.19. The van der Waals surface area contributed by atoms with E-state index in [0.717, 1.165) is 13.1 Å². The summed E-state index contributed by atoms with van der Waals surface area (Å²) in [5.74, 6) is 1.44. The number of carbonyl (C=O) groups excluding carboxylic acids is 1. The molecule has 1 aliphatic heterocycles. The Bertz CT molecular complexity index is 178. The van der Waals surface area contributed by atoms with Gasteiger partial charge in [0.15, 0.2) is 0 Å². The smallest absolute Gasteiger partial charge is 0.232 e. The van der Waals surface area contributed by atoms with Gasteiger partial charge in [-0.25, -0.2) is 0 Å². The highest BCUT2D eigenvalue weighted by atomic mass is 32.2. The number of thioether (sulfide) groups is 1. The van der Waals surface area contributed by atoms with E-state index in [1.807, 2.05) is 4.90 Å². The van der Waals surface area contributed by atoms with Crippen LogP contribution in [0.15, 0.2) is 0 Å². The lowest BCUT2D eigenvalue weighted by Gasteiger charge is -2.38. The van der Waals surface area contributed by atoms with E-state index in [0.29, 0.717) is 23.5 Å². The molecule has 0 unspecified atom stereocenters. The third-order valence-electron chi connectivity index (χ3n) is 2.18. The van der Waals surface area contributed by atoms with Crippen molar-refractivity contribution in [1.82, 2.24) is 4.90 Å². The van der Waals surface area contributed by atoms with E-state index in [4.69, 9.17) is 5.73 Å². The van der Waals surface area contributed by atoms with Crippen LogP contribution in [0.2, 0.25) is 0 Å². The fourth-order valence-electron chi connectivity index (χ4n) is 1.25. The Morgan fingerprint density at radius 1 is 1.62 bits per heavy atom. The summed E-state index contributed by atoms with van der Waals surface area (Å²) in [6.07, 6.45) is 0. The first-order valence-corrected chi connectivity index (χ1v) is 5.77. The van der Waals surface area contributed by atoms with Crippen molar-refractivity contribution >= 4 is 17.7 Å². The van der Waals surface area contributed by atoms with Gasteiger partial charge in [0.2, 0.25) is 5.91 Å². The number of amides is 1. The van der Waals surface area contributed by atoms with Gasteiger partial charge in [0.05, 0.1) is 5.75 Å². The van der Waals surface area contributed by atoms with Gasteiger partial charge >= 0.3 is 0 Å². The molecule has 0 bridgehead atoms. The van der Waals surface area contributed by atoms with E-state index in [-0.39, 0.29) is 5.91 Å². The maximum Gasteiger partial charge on any atom is 0.232 e. The number of hydrogen-bond donors (Lipinski definition) is 1. The maximum absolute atomic E-state index is 11.5. The second-order valence-electron chi connectivity index (χ2n) is 3.76. The normalized spacial score (nSPS) is 17.7. The second kappa shape index (κ2) is 4.86. The lowest BCUT2D eigenvalue weighted by Crippen LogP contribution is -2.53. The Morgan fingerprint density at radius 3 is 2.69 bits per heavy atom. The van der Waals surface area contributed by atoms with E-state index < -0.39 is 0 Å². The van der Waals surface area contributed by atoms with Crippen LogP contribution < -0.4 is 5.73 Å². The van der Waals surface area contributed by atoms with Crippen molar-refractivity contribution in [2.24, 2.45) is 11.7 Å². The van der Waals surface area contributed by atoms with Crippen molar-refractivity contribution in [3.63, 3.8) is 0 Å². The van der Waals surface area contributed by atoms with Crippen LogP contribution in [0.5, 0.6) is 0 Å². The van der Waals surface area contributed by atoms with Crippen molar-refractivity contribution in [2.45, 2.75) is 19.1 Å². The standard InChI is InChI=1S/C9H18N2OS/c1-7(2)13-6-9(12)11-4-8(3-10)5-11/h7-8H,3-6,10H2,1-2H3. The van der Waals surface area contributed by atoms with Crippen LogP contribution in [0.4, 0.5) is 0 Å². The summed E-state index contributed by atoms with van der Waals surface area (Å²) in [6, 6.07) is 0. The molecule has 2 N–H and O–H groups in total. The van der Waals surface area contributed by atoms with Crippen LogP contribution in [0.25, 0.3) is 0 Å². The molecule has 0 aromatic rings. The molecule has 1 fully saturated rings. The number of carbonyl (C=O) groups is 1. The second-order valence-corrected chi connectivity index (χ2v) is 5.33. The van der Waals surface area contributed by atoms with Gasteiger partial charge in [-0.3, -0.25) is 4.79 Å². The molecule has 0 saturated carbocycles. The first kappa shape index (κ1) is 10.9. The molecule has 0 aromatic carbocycles. The number of nitrogens with two attached hydrogens (primary N) is 1. The predicted molar refractivity (Wildman–Crippen MR) is 56.7 cm³/mol. The first-order valence-electron chi connectivity index (χ1n) is 4.73. The van der Waals surface area contributed by atoms with E-state index in [2.05, 4.69) is 13.8 Å². The molecule has 4 heteroatoms. The predicted octanol–water partition coefficient (Wildman–Crippen LogP) is 0.545. The Kier molecular flexibility index (Phi) is 4.06. The minimum Gasteiger partial charge on any atom is -0.341 e. The zero-order chi connectivity index (χ0) is 9.84. The monoisotopic (exact) mass is 202 g/mol. The molecular weight excluding hydrogens is 184 g/mol. The average molecular weight is 202 g/mol. The van der Waals surface area contributed by atoms with E-state index in [9.17, 15) is 4.79 Å². The Balaban J connectivity index is 2.12. The van der Waals surface area contributed by atoms with Crippen LogP contribution in [0, 0.1) is 5.92 Å². The Labute approximate surface area is 84.0 Å². The van der Waals surface area contributed by atoms with Crippen LogP contribution in [-0.4, -0.2) is 41.4 Å². The fraction of sp³-hybridized carbons (Fsp3) is 0.889. The molecule has 1 amide bonds.